The van der Waals surface area contributed by atoms with E-state index in [-0.39, 0.29) is 36.3 Å². The van der Waals surface area contributed by atoms with E-state index < -0.39 is 33.4 Å². The SMILES string of the molecule is C=CCN(C(=O)[C@@H]1[C@H]2C(=O)N([C@@H](CO)C(C)C)C(C(=O)N(CC=C)C3CCCCC3)C23CC[C@@]1(C)S3)c1ccccc1. The van der Waals surface area contributed by atoms with Crippen molar-refractivity contribution in [3.63, 3.8) is 0 Å². The molecule has 3 amide bonds. The second-order valence-electron chi connectivity index (χ2n) is 13.1. The zero-order valence-corrected chi connectivity index (χ0v) is 26.2. The molecule has 1 N–H and O–H groups in total. The number of thioether (sulfide) groups is 1. The fourth-order valence-electron chi connectivity index (χ4n) is 8.33. The average molecular weight is 594 g/mol. The van der Waals surface area contributed by atoms with Gasteiger partial charge in [-0.15, -0.1) is 24.9 Å². The van der Waals surface area contributed by atoms with E-state index in [0.717, 1.165) is 37.8 Å². The van der Waals surface area contributed by atoms with Crippen LogP contribution >= 0.6 is 11.8 Å². The number of hydrogen-bond donors (Lipinski definition) is 1. The number of likely N-dealkylation sites (tertiary alicyclic amines) is 1. The Labute approximate surface area is 255 Å². The summed E-state index contributed by atoms with van der Waals surface area (Å²) in [6.07, 6.45) is 10.2. The molecule has 8 heteroatoms. The van der Waals surface area contributed by atoms with Crippen LogP contribution in [0, 0.1) is 17.8 Å². The van der Waals surface area contributed by atoms with Gasteiger partial charge in [0.1, 0.15) is 6.04 Å². The second kappa shape index (κ2) is 12.2. The Kier molecular flexibility index (Phi) is 8.96. The molecule has 6 atom stereocenters. The van der Waals surface area contributed by atoms with Crippen molar-refractivity contribution in [3.8, 4) is 0 Å². The van der Waals surface area contributed by atoms with Crippen LogP contribution in [-0.4, -0.2) is 79.9 Å². The summed E-state index contributed by atoms with van der Waals surface area (Å²) >= 11 is 1.69. The summed E-state index contributed by atoms with van der Waals surface area (Å²) in [6, 6.07) is 8.42. The van der Waals surface area contributed by atoms with Crippen molar-refractivity contribution in [3.05, 3.63) is 55.6 Å². The van der Waals surface area contributed by atoms with Gasteiger partial charge in [-0.05, 0) is 50.7 Å². The highest BCUT2D eigenvalue weighted by atomic mass is 32.2. The second-order valence-corrected chi connectivity index (χ2v) is 15.0. The summed E-state index contributed by atoms with van der Waals surface area (Å²) < 4.78 is -1.20. The van der Waals surface area contributed by atoms with Crippen molar-refractivity contribution in [1.29, 1.82) is 0 Å². The van der Waals surface area contributed by atoms with Crippen LogP contribution in [0.25, 0.3) is 0 Å². The molecular weight excluding hydrogens is 546 g/mol. The lowest BCUT2D eigenvalue weighted by Gasteiger charge is -2.43. The molecule has 3 saturated heterocycles. The average Bonchev–Trinajstić information content (AvgIpc) is 3.56. The first kappa shape index (κ1) is 30.9. The van der Waals surface area contributed by atoms with Gasteiger partial charge in [-0.3, -0.25) is 14.4 Å². The molecule has 42 heavy (non-hydrogen) atoms. The predicted octanol–water partition coefficient (Wildman–Crippen LogP) is 5.05. The van der Waals surface area contributed by atoms with Crippen molar-refractivity contribution in [2.75, 3.05) is 24.6 Å². The standard InChI is InChI=1S/C34H47N3O4S/c1-6-20-35(24-14-10-8-11-15-24)30(39)27-28-31(40)37(26(22-38)23(3)4)29(34(28)19-18-33(27,5)42-34)32(41)36(21-7-2)25-16-12-9-13-17-25/h6-8,10-11,14-15,23,25-29,38H,1-2,9,12-13,16-22H2,3-5H3/t26-,27-,28-,29?,33+,34?/m0/s1. The molecule has 1 aromatic carbocycles. The van der Waals surface area contributed by atoms with Gasteiger partial charge in [0.15, 0.2) is 0 Å². The Morgan fingerprint density at radius 3 is 2.33 bits per heavy atom. The van der Waals surface area contributed by atoms with Gasteiger partial charge in [-0.1, -0.05) is 63.5 Å². The number of carbonyl (C=O) groups excluding carboxylic acids is 3. The fraction of sp³-hybridized carbons (Fsp3) is 0.618. The van der Waals surface area contributed by atoms with E-state index in [4.69, 9.17) is 0 Å². The molecule has 1 aliphatic carbocycles. The Hall–Kier alpha value is -2.58. The van der Waals surface area contributed by atoms with Crippen LogP contribution in [0.1, 0.15) is 65.7 Å². The number of carbonyl (C=O) groups is 3. The zero-order chi connectivity index (χ0) is 30.2. The molecule has 3 aliphatic heterocycles. The third kappa shape index (κ3) is 4.92. The van der Waals surface area contributed by atoms with Crippen LogP contribution in [0.4, 0.5) is 5.69 Å². The molecule has 228 valence electrons. The Bertz CT molecular complexity index is 1200. The lowest BCUT2D eigenvalue weighted by molar-refractivity contribution is -0.148. The highest BCUT2D eigenvalue weighted by molar-refractivity contribution is 8.02. The molecule has 4 aliphatic rings. The largest absolute Gasteiger partial charge is 0.394 e. The molecule has 0 aromatic heterocycles. The van der Waals surface area contributed by atoms with Crippen LogP contribution < -0.4 is 4.90 Å². The zero-order valence-electron chi connectivity index (χ0n) is 25.4. The first-order valence-corrected chi connectivity index (χ1v) is 16.5. The van der Waals surface area contributed by atoms with E-state index >= 15 is 0 Å². The minimum Gasteiger partial charge on any atom is -0.394 e. The van der Waals surface area contributed by atoms with Gasteiger partial charge in [0.05, 0.1) is 29.2 Å². The van der Waals surface area contributed by atoms with Crippen LogP contribution in [0.5, 0.6) is 0 Å². The number of rotatable bonds is 11. The van der Waals surface area contributed by atoms with E-state index in [1.807, 2.05) is 49.1 Å². The summed E-state index contributed by atoms with van der Waals surface area (Å²) in [5, 5.41) is 10.6. The first-order chi connectivity index (χ1) is 20.1. The predicted molar refractivity (Wildman–Crippen MR) is 169 cm³/mol. The summed E-state index contributed by atoms with van der Waals surface area (Å²) in [6.45, 7) is 14.5. The van der Waals surface area contributed by atoms with E-state index in [1.165, 1.54) is 6.42 Å². The molecule has 3 heterocycles. The maximum atomic E-state index is 14.9. The van der Waals surface area contributed by atoms with Crippen molar-refractivity contribution >= 4 is 35.2 Å². The Morgan fingerprint density at radius 2 is 1.74 bits per heavy atom. The number of aliphatic hydroxyl groups is 1. The van der Waals surface area contributed by atoms with Gasteiger partial charge < -0.3 is 19.8 Å². The highest BCUT2D eigenvalue weighted by Crippen LogP contribution is 2.72. The van der Waals surface area contributed by atoms with Gasteiger partial charge in [0.2, 0.25) is 17.7 Å². The third-order valence-corrected chi connectivity index (χ3v) is 12.3. The van der Waals surface area contributed by atoms with Crippen LogP contribution in [0.2, 0.25) is 0 Å². The minimum atomic E-state index is -0.731. The summed E-state index contributed by atoms with van der Waals surface area (Å²) in [5.74, 6) is -1.58. The molecular formula is C34H47N3O4S. The number of benzene rings is 1. The lowest BCUT2D eigenvalue weighted by Crippen LogP contribution is -2.60. The maximum absolute atomic E-state index is 14.9. The molecule has 5 rings (SSSR count). The molecule has 1 aromatic rings. The molecule has 1 spiro atoms. The number of hydrogen-bond acceptors (Lipinski definition) is 5. The normalized spacial score (nSPS) is 31.2. The van der Waals surface area contributed by atoms with Gasteiger partial charge in [-0.2, -0.15) is 0 Å². The molecule has 7 nitrogen and oxygen atoms in total. The van der Waals surface area contributed by atoms with Gasteiger partial charge in [-0.25, -0.2) is 0 Å². The summed E-state index contributed by atoms with van der Waals surface area (Å²) in [4.78, 5) is 49.6. The van der Waals surface area contributed by atoms with Crippen LogP contribution in [0.15, 0.2) is 55.6 Å². The van der Waals surface area contributed by atoms with E-state index in [2.05, 4.69) is 20.1 Å². The van der Waals surface area contributed by atoms with E-state index in [0.29, 0.717) is 19.5 Å². The number of anilines is 1. The topological polar surface area (TPSA) is 81.2 Å². The highest BCUT2D eigenvalue weighted by Gasteiger charge is 2.78. The van der Waals surface area contributed by atoms with Crippen LogP contribution in [0.3, 0.4) is 0 Å². The molecule has 2 bridgehead atoms. The molecule has 0 radical (unpaired) electrons. The Morgan fingerprint density at radius 1 is 1.07 bits per heavy atom. The minimum absolute atomic E-state index is 0.0485. The summed E-state index contributed by atoms with van der Waals surface area (Å²) in [7, 11) is 0. The number of fused-ring (bicyclic) bond motifs is 1. The number of amides is 3. The first-order valence-electron chi connectivity index (χ1n) is 15.7. The Balaban J connectivity index is 1.61. The summed E-state index contributed by atoms with van der Waals surface area (Å²) in [5.41, 5.74) is 0.771. The quantitative estimate of drug-likeness (QED) is 0.363. The molecule has 1 saturated carbocycles. The number of para-hydroxylation sites is 1. The fourth-order valence-corrected chi connectivity index (χ4v) is 10.7. The monoisotopic (exact) mass is 593 g/mol. The van der Waals surface area contributed by atoms with Crippen molar-refractivity contribution in [1.82, 2.24) is 9.80 Å². The van der Waals surface area contributed by atoms with E-state index in [1.54, 1.807) is 33.7 Å². The smallest absolute Gasteiger partial charge is 0.247 e. The number of nitrogens with zero attached hydrogens (tertiary/aromatic N) is 3. The van der Waals surface area contributed by atoms with Crippen molar-refractivity contribution in [2.24, 2.45) is 17.8 Å². The lowest BCUT2D eigenvalue weighted by atomic mass is 9.66. The third-order valence-electron chi connectivity index (χ3n) is 10.3. The molecule has 4 fully saturated rings. The van der Waals surface area contributed by atoms with Crippen LogP contribution in [-0.2, 0) is 14.4 Å². The maximum Gasteiger partial charge on any atom is 0.247 e. The van der Waals surface area contributed by atoms with Crippen molar-refractivity contribution < 1.29 is 19.5 Å². The van der Waals surface area contributed by atoms with Gasteiger partial charge >= 0.3 is 0 Å². The van der Waals surface area contributed by atoms with Gasteiger partial charge in [0, 0.05) is 29.6 Å². The van der Waals surface area contributed by atoms with E-state index in [9.17, 15) is 19.5 Å². The number of aliphatic hydroxyl groups excluding tert-OH is 1. The van der Waals surface area contributed by atoms with Gasteiger partial charge in [0.25, 0.3) is 0 Å². The molecule has 2 unspecified atom stereocenters. The van der Waals surface area contributed by atoms with Crippen molar-refractivity contribution in [2.45, 2.75) is 93.3 Å².